The summed E-state index contributed by atoms with van der Waals surface area (Å²) in [5.41, 5.74) is 2.15. The van der Waals surface area contributed by atoms with Crippen molar-refractivity contribution in [3.05, 3.63) is 71.3 Å². The molecule has 0 atom stereocenters. The topological polar surface area (TPSA) is 55.8 Å². The second-order valence-electron chi connectivity index (χ2n) is 5.72. The molecular formula is C21H22O4. The highest BCUT2D eigenvalue weighted by molar-refractivity contribution is 6.10. The molecule has 0 aliphatic rings. The summed E-state index contributed by atoms with van der Waals surface area (Å²) < 4.78 is 10.8. The zero-order valence-electron chi connectivity index (χ0n) is 14.7. The lowest BCUT2D eigenvalue weighted by Crippen LogP contribution is -2.02. The Morgan fingerprint density at radius 2 is 1.88 bits per heavy atom. The number of hydrogen-bond donors (Lipinski definition) is 1. The van der Waals surface area contributed by atoms with Crippen LogP contribution in [-0.2, 0) is 0 Å². The van der Waals surface area contributed by atoms with Gasteiger partial charge in [0.25, 0.3) is 0 Å². The predicted octanol–water partition coefficient (Wildman–Crippen LogP) is 4.64. The lowest BCUT2D eigenvalue weighted by atomic mass is 10.1. The van der Waals surface area contributed by atoms with E-state index in [9.17, 15) is 9.90 Å². The van der Waals surface area contributed by atoms with Crippen LogP contribution in [0.25, 0.3) is 6.08 Å². The molecular weight excluding hydrogens is 316 g/mol. The van der Waals surface area contributed by atoms with Crippen LogP contribution in [0.4, 0.5) is 0 Å². The van der Waals surface area contributed by atoms with E-state index in [0.717, 1.165) is 11.1 Å². The van der Waals surface area contributed by atoms with E-state index in [0.29, 0.717) is 12.4 Å². The van der Waals surface area contributed by atoms with E-state index >= 15 is 0 Å². The minimum absolute atomic E-state index is 0.115. The molecule has 0 amide bonds. The number of hydrogen-bond acceptors (Lipinski definition) is 4. The minimum atomic E-state index is -0.339. The normalized spacial score (nSPS) is 10.5. The van der Waals surface area contributed by atoms with Gasteiger partial charge in [0.15, 0.2) is 5.78 Å². The summed E-state index contributed by atoms with van der Waals surface area (Å²) in [6.45, 7) is 4.33. The number of methoxy groups -OCH3 is 1. The summed E-state index contributed by atoms with van der Waals surface area (Å²) in [6.07, 6.45) is 5.03. The number of ether oxygens (including phenoxy) is 2. The maximum atomic E-state index is 12.5. The summed E-state index contributed by atoms with van der Waals surface area (Å²) in [4.78, 5) is 12.5. The molecule has 0 aromatic heterocycles. The van der Waals surface area contributed by atoms with Crippen LogP contribution in [0.2, 0.25) is 0 Å². The third-order valence-electron chi connectivity index (χ3n) is 3.49. The Hall–Kier alpha value is -3.01. The molecule has 4 nitrogen and oxygen atoms in total. The summed E-state index contributed by atoms with van der Waals surface area (Å²) in [7, 11) is 1.45. The van der Waals surface area contributed by atoms with Crippen LogP contribution in [0.15, 0.2) is 60.2 Å². The summed E-state index contributed by atoms with van der Waals surface area (Å²) in [5, 5.41) is 10.2. The fraction of sp³-hybridized carbons (Fsp3) is 0.190. The molecule has 2 aromatic carbocycles. The van der Waals surface area contributed by atoms with Crippen LogP contribution in [0.1, 0.15) is 29.8 Å². The van der Waals surface area contributed by atoms with Crippen LogP contribution in [-0.4, -0.2) is 24.6 Å². The van der Waals surface area contributed by atoms with Gasteiger partial charge >= 0.3 is 0 Å². The number of ketones is 1. The Morgan fingerprint density at radius 3 is 2.52 bits per heavy atom. The minimum Gasteiger partial charge on any atom is -0.507 e. The zero-order valence-corrected chi connectivity index (χ0v) is 14.7. The van der Waals surface area contributed by atoms with E-state index in [4.69, 9.17) is 9.47 Å². The molecule has 0 saturated heterocycles. The first kappa shape index (κ1) is 18.3. The lowest BCUT2D eigenvalue weighted by molar-refractivity contribution is 0.104. The largest absolute Gasteiger partial charge is 0.507 e. The number of rotatable bonds is 7. The number of aromatic hydroxyl groups is 1. The third-order valence-corrected chi connectivity index (χ3v) is 3.49. The van der Waals surface area contributed by atoms with Crippen LogP contribution in [0.5, 0.6) is 17.2 Å². The van der Waals surface area contributed by atoms with Crippen molar-refractivity contribution in [2.75, 3.05) is 13.7 Å². The number of phenols is 1. The molecule has 0 spiro atoms. The molecule has 0 fully saturated rings. The molecule has 0 radical (unpaired) electrons. The van der Waals surface area contributed by atoms with Gasteiger partial charge in [-0.25, -0.2) is 0 Å². The van der Waals surface area contributed by atoms with Gasteiger partial charge in [-0.05, 0) is 31.6 Å². The van der Waals surface area contributed by atoms with Gasteiger partial charge < -0.3 is 14.6 Å². The standard InChI is InChI=1S/C21H22O4/c1-15(2)11-12-25-17-13-19(23)21(20(14-17)24-3)18(22)10-9-16-7-5-4-6-8-16/h4-11,13-14,23H,12H2,1-3H3. The van der Waals surface area contributed by atoms with Gasteiger partial charge in [-0.2, -0.15) is 0 Å². The molecule has 2 rings (SSSR count). The lowest BCUT2D eigenvalue weighted by Gasteiger charge is -2.11. The van der Waals surface area contributed by atoms with Gasteiger partial charge in [-0.15, -0.1) is 0 Å². The average Bonchev–Trinajstić information content (AvgIpc) is 2.59. The molecule has 2 aromatic rings. The Morgan fingerprint density at radius 1 is 1.16 bits per heavy atom. The Labute approximate surface area is 148 Å². The van der Waals surface area contributed by atoms with Crippen molar-refractivity contribution in [1.29, 1.82) is 0 Å². The van der Waals surface area contributed by atoms with E-state index in [1.807, 2.05) is 50.3 Å². The van der Waals surface area contributed by atoms with Crippen LogP contribution >= 0.6 is 0 Å². The monoisotopic (exact) mass is 338 g/mol. The highest BCUT2D eigenvalue weighted by atomic mass is 16.5. The van der Waals surface area contributed by atoms with Crippen molar-refractivity contribution in [1.82, 2.24) is 0 Å². The molecule has 0 aliphatic carbocycles. The Balaban J connectivity index is 2.23. The highest BCUT2D eigenvalue weighted by Crippen LogP contribution is 2.34. The number of carbonyl (C=O) groups is 1. The maximum Gasteiger partial charge on any atom is 0.193 e. The Bertz CT molecular complexity index is 785. The van der Waals surface area contributed by atoms with E-state index in [1.54, 1.807) is 12.1 Å². The van der Waals surface area contributed by atoms with E-state index in [1.165, 1.54) is 19.3 Å². The van der Waals surface area contributed by atoms with Gasteiger partial charge in [-0.3, -0.25) is 4.79 Å². The molecule has 0 heterocycles. The van der Waals surface area contributed by atoms with Crippen LogP contribution < -0.4 is 9.47 Å². The van der Waals surface area contributed by atoms with E-state index in [2.05, 4.69) is 0 Å². The van der Waals surface area contributed by atoms with Gasteiger partial charge in [0.05, 0.1) is 7.11 Å². The van der Waals surface area contributed by atoms with Crippen molar-refractivity contribution < 1.29 is 19.4 Å². The number of phenolic OH excluding ortho intramolecular Hbond substituents is 1. The molecule has 0 bridgehead atoms. The van der Waals surface area contributed by atoms with Gasteiger partial charge in [0.1, 0.15) is 29.4 Å². The first-order chi connectivity index (χ1) is 12.0. The van der Waals surface area contributed by atoms with Crippen molar-refractivity contribution >= 4 is 11.9 Å². The first-order valence-corrected chi connectivity index (χ1v) is 7.96. The summed E-state index contributed by atoms with van der Waals surface area (Å²) in [5.74, 6) is 0.202. The fourth-order valence-corrected chi connectivity index (χ4v) is 2.19. The smallest absolute Gasteiger partial charge is 0.193 e. The predicted molar refractivity (Wildman–Crippen MR) is 99.4 cm³/mol. The van der Waals surface area contributed by atoms with Crippen LogP contribution in [0.3, 0.4) is 0 Å². The van der Waals surface area contributed by atoms with Gasteiger partial charge in [0.2, 0.25) is 0 Å². The van der Waals surface area contributed by atoms with E-state index in [-0.39, 0.29) is 22.8 Å². The SMILES string of the molecule is COc1cc(OCC=C(C)C)cc(O)c1C(=O)C=Cc1ccccc1. The number of carbonyl (C=O) groups excluding carboxylic acids is 1. The summed E-state index contributed by atoms with van der Waals surface area (Å²) in [6, 6.07) is 12.5. The first-order valence-electron chi connectivity index (χ1n) is 7.96. The molecule has 4 heteroatoms. The summed E-state index contributed by atoms with van der Waals surface area (Å²) >= 11 is 0. The van der Waals surface area contributed by atoms with Gasteiger partial charge in [0, 0.05) is 12.1 Å². The average molecular weight is 338 g/mol. The molecule has 0 unspecified atom stereocenters. The van der Waals surface area contributed by atoms with Crippen molar-refractivity contribution in [2.45, 2.75) is 13.8 Å². The molecule has 130 valence electrons. The fourth-order valence-electron chi connectivity index (χ4n) is 2.19. The van der Waals surface area contributed by atoms with Crippen LogP contribution in [0, 0.1) is 0 Å². The zero-order chi connectivity index (χ0) is 18.2. The molecule has 25 heavy (non-hydrogen) atoms. The van der Waals surface area contributed by atoms with Gasteiger partial charge in [-0.1, -0.05) is 42.0 Å². The van der Waals surface area contributed by atoms with Crippen molar-refractivity contribution in [3.63, 3.8) is 0 Å². The number of benzene rings is 2. The second kappa shape index (κ2) is 8.73. The quantitative estimate of drug-likeness (QED) is 0.454. The molecule has 1 N–H and O–H groups in total. The Kier molecular flexibility index (Phi) is 6.40. The molecule has 0 saturated carbocycles. The maximum absolute atomic E-state index is 12.5. The van der Waals surface area contributed by atoms with E-state index < -0.39 is 0 Å². The molecule has 0 aliphatic heterocycles. The third kappa shape index (κ3) is 5.24. The number of allylic oxidation sites excluding steroid dienone is 2. The van der Waals surface area contributed by atoms with Crippen molar-refractivity contribution in [2.24, 2.45) is 0 Å². The highest BCUT2D eigenvalue weighted by Gasteiger charge is 2.17. The second-order valence-corrected chi connectivity index (χ2v) is 5.72. The van der Waals surface area contributed by atoms with Crippen molar-refractivity contribution in [3.8, 4) is 17.2 Å².